The molecule has 0 fully saturated rings. The molecule has 0 spiro atoms. The number of nitrogens with zero attached hydrogens (tertiary/aromatic N) is 1. The number of hydrogen-bond donors (Lipinski definition) is 2. The Labute approximate surface area is 155 Å². The maximum Gasteiger partial charge on any atom is 0.288 e. The van der Waals surface area contributed by atoms with Crippen LogP contribution in [0.5, 0.6) is 0 Å². The SMILES string of the molecule is CC(C)(C)NC(=O)c1ccc(NC(=O)c2ccc(Cl)c([N+](=O)[O-])c2)cc1. The zero-order valence-corrected chi connectivity index (χ0v) is 15.3. The highest BCUT2D eigenvalue weighted by atomic mass is 35.5. The summed E-state index contributed by atoms with van der Waals surface area (Å²) in [6, 6.07) is 10.1. The first-order valence-electron chi connectivity index (χ1n) is 7.75. The van der Waals surface area contributed by atoms with Gasteiger partial charge in [0.15, 0.2) is 0 Å². The zero-order chi connectivity index (χ0) is 19.5. The molecule has 0 bridgehead atoms. The first kappa shape index (κ1) is 19.4. The van der Waals surface area contributed by atoms with Crippen molar-refractivity contribution < 1.29 is 14.5 Å². The lowest BCUT2D eigenvalue weighted by molar-refractivity contribution is -0.384. The Kier molecular flexibility index (Phi) is 5.62. The van der Waals surface area contributed by atoms with Gasteiger partial charge in [-0.3, -0.25) is 19.7 Å². The summed E-state index contributed by atoms with van der Waals surface area (Å²) in [5.41, 5.74) is 0.330. The second-order valence-corrected chi connectivity index (χ2v) is 7.07. The number of halogens is 1. The fraction of sp³-hybridized carbons (Fsp3) is 0.222. The Bertz CT molecular complexity index is 858. The number of carbonyl (C=O) groups is 2. The van der Waals surface area contributed by atoms with Gasteiger partial charge in [0.25, 0.3) is 17.5 Å². The minimum atomic E-state index is -0.651. The lowest BCUT2D eigenvalue weighted by Crippen LogP contribution is -2.40. The maximum absolute atomic E-state index is 12.3. The fourth-order valence-corrected chi connectivity index (χ4v) is 2.30. The molecule has 0 radical (unpaired) electrons. The van der Waals surface area contributed by atoms with Crippen LogP contribution >= 0.6 is 11.6 Å². The number of carbonyl (C=O) groups excluding carboxylic acids is 2. The lowest BCUT2D eigenvalue weighted by atomic mass is 10.1. The van der Waals surface area contributed by atoms with Crippen LogP contribution in [-0.4, -0.2) is 22.3 Å². The van der Waals surface area contributed by atoms with E-state index in [2.05, 4.69) is 10.6 Å². The summed E-state index contributed by atoms with van der Waals surface area (Å²) >= 11 is 5.74. The van der Waals surface area contributed by atoms with Crippen molar-refractivity contribution in [3.8, 4) is 0 Å². The quantitative estimate of drug-likeness (QED) is 0.622. The van der Waals surface area contributed by atoms with Gasteiger partial charge >= 0.3 is 0 Å². The first-order chi connectivity index (χ1) is 12.1. The number of hydrogen-bond acceptors (Lipinski definition) is 4. The molecule has 7 nitrogen and oxygen atoms in total. The normalized spacial score (nSPS) is 10.9. The first-order valence-corrected chi connectivity index (χ1v) is 8.12. The molecule has 2 aromatic carbocycles. The second kappa shape index (κ2) is 7.53. The van der Waals surface area contributed by atoms with Crippen molar-refractivity contribution in [1.82, 2.24) is 5.32 Å². The number of amides is 2. The van der Waals surface area contributed by atoms with E-state index in [1.165, 1.54) is 12.1 Å². The molecular weight excluding hydrogens is 358 g/mol. The predicted octanol–water partition coefficient (Wildman–Crippen LogP) is 4.03. The molecule has 0 unspecified atom stereocenters. The van der Waals surface area contributed by atoms with E-state index >= 15 is 0 Å². The van der Waals surface area contributed by atoms with Crippen LogP contribution in [-0.2, 0) is 0 Å². The average Bonchev–Trinajstić information content (AvgIpc) is 2.54. The molecule has 2 rings (SSSR count). The predicted molar refractivity (Wildman–Crippen MR) is 99.7 cm³/mol. The highest BCUT2D eigenvalue weighted by molar-refractivity contribution is 6.32. The largest absolute Gasteiger partial charge is 0.347 e. The third kappa shape index (κ3) is 5.03. The molecule has 26 heavy (non-hydrogen) atoms. The van der Waals surface area contributed by atoms with Crippen LogP contribution in [0.1, 0.15) is 41.5 Å². The molecule has 2 aromatic rings. The molecule has 136 valence electrons. The summed E-state index contributed by atoms with van der Waals surface area (Å²) < 4.78 is 0. The molecule has 8 heteroatoms. The Hall–Kier alpha value is -2.93. The Balaban J connectivity index is 2.12. The topological polar surface area (TPSA) is 101 Å². The number of anilines is 1. The Morgan fingerprint density at radius 1 is 1.00 bits per heavy atom. The van der Waals surface area contributed by atoms with Gasteiger partial charge in [-0.25, -0.2) is 0 Å². The van der Waals surface area contributed by atoms with Gasteiger partial charge in [0.2, 0.25) is 0 Å². The van der Waals surface area contributed by atoms with Crippen LogP contribution in [0.2, 0.25) is 5.02 Å². The van der Waals surface area contributed by atoms with Crippen molar-refractivity contribution in [2.75, 3.05) is 5.32 Å². The molecule has 0 saturated heterocycles. The third-order valence-corrected chi connectivity index (χ3v) is 3.62. The van der Waals surface area contributed by atoms with Gasteiger partial charge in [-0.15, -0.1) is 0 Å². The van der Waals surface area contributed by atoms with E-state index in [0.29, 0.717) is 11.3 Å². The number of nitro groups is 1. The van der Waals surface area contributed by atoms with Crippen LogP contribution in [0.25, 0.3) is 0 Å². The molecular formula is C18H18ClN3O4. The van der Waals surface area contributed by atoms with E-state index < -0.39 is 10.8 Å². The van der Waals surface area contributed by atoms with E-state index in [1.54, 1.807) is 24.3 Å². The zero-order valence-electron chi connectivity index (χ0n) is 14.5. The van der Waals surface area contributed by atoms with Gasteiger partial charge in [0.05, 0.1) is 4.92 Å². The third-order valence-electron chi connectivity index (χ3n) is 3.30. The number of nitro benzene ring substituents is 1. The fourth-order valence-electron chi connectivity index (χ4n) is 2.11. The number of benzene rings is 2. The van der Waals surface area contributed by atoms with Gasteiger partial charge in [-0.1, -0.05) is 11.6 Å². The van der Waals surface area contributed by atoms with Crippen LogP contribution < -0.4 is 10.6 Å². The molecule has 0 aromatic heterocycles. The van der Waals surface area contributed by atoms with Gasteiger partial charge in [0, 0.05) is 28.4 Å². The molecule has 2 amide bonds. The summed E-state index contributed by atoms with van der Waals surface area (Å²) in [4.78, 5) is 34.6. The standard InChI is InChI=1S/C18H18ClN3O4/c1-18(2,3)21-17(24)11-4-7-13(8-5-11)20-16(23)12-6-9-14(19)15(10-12)22(25)26/h4-10H,1-3H3,(H,20,23)(H,21,24). The van der Waals surface area contributed by atoms with E-state index in [4.69, 9.17) is 11.6 Å². The van der Waals surface area contributed by atoms with Crippen molar-refractivity contribution in [3.05, 3.63) is 68.7 Å². The molecule has 0 aliphatic rings. The summed E-state index contributed by atoms with van der Waals surface area (Å²) in [7, 11) is 0. The van der Waals surface area contributed by atoms with Crippen LogP contribution in [0, 0.1) is 10.1 Å². The van der Waals surface area contributed by atoms with Gasteiger partial charge in [-0.2, -0.15) is 0 Å². The van der Waals surface area contributed by atoms with E-state index in [1.807, 2.05) is 20.8 Å². The van der Waals surface area contributed by atoms with Gasteiger partial charge < -0.3 is 10.6 Å². The number of rotatable bonds is 4. The van der Waals surface area contributed by atoms with Crippen molar-refractivity contribution in [1.29, 1.82) is 0 Å². The molecule has 0 heterocycles. The van der Waals surface area contributed by atoms with E-state index in [-0.39, 0.29) is 27.7 Å². The molecule has 0 saturated carbocycles. The smallest absolute Gasteiger partial charge is 0.288 e. The van der Waals surface area contributed by atoms with Gasteiger partial charge in [-0.05, 0) is 57.2 Å². The highest BCUT2D eigenvalue weighted by Crippen LogP contribution is 2.25. The minimum absolute atomic E-state index is 0.0410. The van der Waals surface area contributed by atoms with Crippen LogP contribution in [0.4, 0.5) is 11.4 Å². The maximum atomic E-state index is 12.3. The van der Waals surface area contributed by atoms with Crippen molar-refractivity contribution in [2.45, 2.75) is 26.3 Å². The lowest BCUT2D eigenvalue weighted by Gasteiger charge is -2.20. The summed E-state index contributed by atoms with van der Waals surface area (Å²) in [6.45, 7) is 5.64. The van der Waals surface area contributed by atoms with E-state index in [9.17, 15) is 19.7 Å². The highest BCUT2D eigenvalue weighted by Gasteiger charge is 2.17. The second-order valence-electron chi connectivity index (χ2n) is 6.66. The molecule has 2 N–H and O–H groups in total. The van der Waals surface area contributed by atoms with Crippen molar-refractivity contribution in [3.63, 3.8) is 0 Å². The Morgan fingerprint density at radius 3 is 2.12 bits per heavy atom. The van der Waals surface area contributed by atoms with E-state index in [0.717, 1.165) is 6.07 Å². The molecule has 0 atom stereocenters. The number of nitrogens with one attached hydrogen (secondary N) is 2. The van der Waals surface area contributed by atoms with Gasteiger partial charge in [0.1, 0.15) is 5.02 Å². The van der Waals surface area contributed by atoms with Crippen molar-refractivity contribution >= 4 is 34.8 Å². The molecule has 0 aliphatic heterocycles. The minimum Gasteiger partial charge on any atom is -0.347 e. The average molecular weight is 376 g/mol. The molecule has 0 aliphatic carbocycles. The van der Waals surface area contributed by atoms with Crippen molar-refractivity contribution in [2.24, 2.45) is 0 Å². The monoisotopic (exact) mass is 375 g/mol. The summed E-state index contributed by atoms with van der Waals surface area (Å²) in [6.07, 6.45) is 0. The Morgan fingerprint density at radius 2 is 1.58 bits per heavy atom. The summed E-state index contributed by atoms with van der Waals surface area (Å²) in [5.74, 6) is -0.736. The summed E-state index contributed by atoms with van der Waals surface area (Å²) in [5, 5.41) is 16.3. The van der Waals surface area contributed by atoms with Crippen LogP contribution in [0.3, 0.4) is 0 Å². The van der Waals surface area contributed by atoms with Crippen LogP contribution in [0.15, 0.2) is 42.5 Å².